The van der Waals surface area contributed by atoms with Gasteiger partial charge in [0, 0.05) is 18.0 Å². The molecular formula is C18H16N2O4. The SMILES string of the molecule is CC(C)=C1C(=O)OC(=O)/C1=C(/C)c1nc(-c2ccncc2)oc1C. The zero-order valence-electron chi connectivity index (χ0n) is 13.8. The van der Waals surface area contributed by atoms with Crippen LogP contribution < -0.4 is 0 Å². The van der Waals surface area contributed by atoms with Crippen molar-refractivity contribution >= 4 is 17.5 Å². The minimum Gasteiger partial charge on any atom is -0.441 e. The molecule has 0 aliphatic carbocycles. The molecule has 122 valence electrons. The van der Waals surface area contributed by atoms with Gasteiger partial charge in [0.1, 0.15) is 11.5 Å². The number of ether oxygens (including phenoxy) is 1. The lowest BCUT2D eigenvalue weighted by atomic mass is 9.97. The van der Waals surface area contributed by atoms with Gasteiger partial charge in [-0.1, -0.05) is 5.57 Å². The van der Waals surface area contributed by atoms with Gasteiger partial charge < -0.3 is 9.15 Å². The Kier molecular flexibility index (Phi) is 3.89. The molecule has 0 saturated carbocycles. The standard InChI is InChI=1S/C18H16N2O4/c1-9(2)13-14(18(22)24-17(13)21)10(3)15-11(4)23-16(20-15)12-5-7-19-8-6-12/h5-8H,1-4H3/b14-10-. The third-order valence-corrected chi connectivity index (χ3v) is 3.80. The Morgan fingerprint density at radius 3 is 2.25 bits per heavy atom. The smallest absolute Gasteiger partial charge is 0.347 e. The first-order valence-electron chi connectivity index (χ1n) is 7.43. The Labute approximate surface area is 138 Å². The second kappa shape index (κ2) is 5.88. The topological polar surface area (TPSA) is 82.3 Å². The summed E-state index contributed by atoms with van der Waals surface area (Å²) in [5.41, 5.74) is 3.13. The molecule has 6 nitrogen and oxygen atoms in total. The van der Waals surface area contributed by atoms with Crippen LogP contribution >= 0.6 is 0 Å². The highest BCUT2D eigenvalue weighted by atomic mass is 16.6. The summed E-state index contributed by atoms with van der Waals surface area (Å²) in [4.78, 5) is 32.4. The number of aryl methyl sites for hydroxylation is 1. The monoisotopic (exact) mass is 324 g/mol. The van der Waals surface area contributed by atoms with E-state index in [1.165, 1.54) is 0 Å². The molecule has 1 fully saturated rings. The summed E-state index contributed by atoms with van der Waals surface area (Å²) in [5, 5.41) is 0. The number of allylic oxidation sites excluding steroid dienone is 2. The second-order valence-electron chi connectivity index (χ2n) is 5.71. The van der Waals surface area contributed by atoms with E-state index in [9.17, 15) is 9.59 Å². The summed E-state index contributed by atoms with van der Waals surface area (Å²) in [5.74, 6) is -0.278. The molecule has 0 spiro atoms. The molecule has 2 aromatic heterocycles. The molecule has 3 heterocycles. The molecule has 3 rings (SSSR count). The molecule has 0 atom stereocenters. The fourth-order valence-electron chi connectivity index (χ4n) is 2.67. The number of pyridine rings is 1. The number of carbonyl (C=O) groups excluding carboxylic acids is 2. The van der Waals surface area contributed by atoms with Gasteiger partial charge >= 0.3 is 11.9 Å². The van der Waals surface area contributed by atoms with Crippen molar-refractivity contribution in [2.45, 2.75) is 27.7 Å². The van der Waals surface area contributed by atoms with E-state index in [2.05, 4.69) is 9.97 Å². The van der Waals surface area contributed by atoms with Gasteiger partial charge in [-0.2, -0.15) is 0 Å². The van der Waals surface area contributed by atoms with Crippen LogP contribution in [0.5, 0.6) is 0 Å². The summed E-state index contributed by atoms with van der Waals surface area (Å²) in [7, 11) is 0. The lowest BCUT2D eigenvalue weighted by Crippen LogP contribution is -2.00. The molecule has 24 heavy (non-hydrogen) atoms. The maximum Gasteiger partial charge on any atom is 0.347 e. The van der Waals surface area contributed by atoms with Gasteiger partial charge in [-0.3, -0.25) is 4.98 Å². The number of nitrogens with zero attached hydrogens (tertiary/aromatic N) is 2. The van der Waals surface area contributed by atoms with Crippen LogP contribution in [0.3, 0.4) is 0 Å². The number of carbonyl (C=O) groups is 2. The fraction of sp³-hybridized carbons (Fsp3) is 0.222. The van der Waals surface area contributed by atoms with Crippen LogP contribution in [-0.4, -0.2) is 21.9 Å². The Bertz CT molecular complexity index is 900. The highest BCUT2D eigenvalue weighted by Crippen LogP contribution is 2.34. The average molecular weight is 324 g/mol. The van der Waals surface area contributed by atoms with Crippen molar-refractivity contribution in [3.05, 3.63) is 52.7 Å². The molecule has 0 bridgehead atoms. The van der Waals surface area contributed by atoms with E-state index in [1.807, 2.05) is 0 Å². The number of rotatable bonds is 2. The van der Waals surface area contributed by atoms with Crippen LogP contribution in [0.1, 0.15) is 32.2 Å². The normalized spacial score (nSPS) is 16.4. The highest BCUT2D eigenvalue weighted by Gasteiger charge is 2.37. The van der Waals surface area contributed by atoms with Crippen molar-refractivity contribution < 1.29 is 18.7 Å². The molecule has 1 aliphatic rings. The highest BCUT2D eigenvalue weighted by molar-refractivity contribution is 6.22. The number of hydrogen-bond acceptors (Lipinski definition) is 6. The van der Waals surface area contributed by atoms with Crippen molar-refractivity contribution in [1.82, 2.24) is 9.97 Å². The Morgan fingerprint density at radius 1 is 1.00 bits per heavy atom. The van der Waals surface area contributed by atoms with Crippen LogP contribution in [-0.2, 0) is 14.3 Å². The van der Waals surface area contributed by atoms with Crippen LogP contribution in [0, 0.1) is 6.92 Å². The summed E-state index contributed by atoms with van der Waals surface area (Å²) >= 11 is 0. The minimum atomic E-state index is -0.651. The van der Waals surface area contributed by atoms with E-state index >= 15 is 0 Å². The fourth-order valence-corrected chi connectivity index (χ4v) is 2.67. The Hall–Kier alpha value is -3.02. The van der Waals surface area contributed by atoms with Gasteiger partial charge in [0.25, 0.3) is 0 Å². The average Bonchev–Trinajstić information content (AvgIpc) is 3.07. The number of oxazole rings is 1. The molecule has 0 N–H and O–H groups in total. The third kappa shape index (κ3) is 2.56. The second-order valence-corrected chi connectivity index (χ2v) is 5.71. The van der Waals surface area contributed by atoms with E-state index in [0.29, 0.717) is 28.5 Å². The van der Waals surface area contributed by atoms with Gasteiger partial charge in [0.2, 0.25) is 5.89 Å². The van der Waals surface area contributed by atoms with Crippen molar-refractivity contribution in [3.63, 3.8) is 0 Å². The van der Waals surface area contributed by atoms with E-state index in [4.69, 9.17) is 9.15 Å². The molecular weight excluding hydrogens is 308 g/mol. The predicted molar refractivity (Wildman–Crippen MR) is 86.5 cm³/mol. The van der Waals surface area contributed by atoms with E-state index in [0.717, 1.165) is 11.1 Å². The summed E-state index contributed by atoms with van der Waals surface area (Å²) in [6.07, 6.45) is 3.29. The predicted octanol–water partition coefficient (Wildman–Crippen LogP) is 3.24. The van der Waals surface area contributed by atoms with E-state index in [-0.39, 0.29) is 5.57 Å². The molecule has 2 aromatic rings. The summed E-state index contributed by atoms with van der Waals surface area (Å²) < 4.78 is 10.5. The zero-order valence-corrected chi connectivity index (χ0v) is 13.8. The van der Waals surface area contributed by atoms with Crippen LogP contribution in [0.15, 0.2) is 45.7 Å². The summed E-state index contributed by atoms with van der Waals surface area (Å²) in [6.45, 7) is 7.03. The maximum atomic E-state index is 12.1. The van der Waals surface area contributed by atoms with Crippen molar-refractivity contribution in [1.29, 1.82) is 0 Å². The van der Waals surface area contributed by atoms with Crippen molar-refractivity contribution in [3.8, 4) is 11.5 Å². The van der Waals surface area contributed by atoms with E-state index in [1.54, 1.807) is 52.2 Å². The Morgan fingerprint density at radius 2 is 1.62 bits per heavy atom. The summed E-state index contributed by atoms with van der Waals surface area (Å²) in [6, 6.07) is 3.57. The number of hydrogen-bond donors (Lipinski definition) is 0. The van der Waals surface area contributed by atoms with E-state index < -0.39 is 11.9 Å². The quantitative estimate of drug-likeness (QED) is 0.479. The Balaban J connectivity index is 2.15. The molecule has 1 saturated heterocycles. The molecule has 0 unspecified atom stereocenters. The van der Waals surface area contributed by atoms with Crippen molar-refractivity contribution in [2.24, 2.45) is 0 Å². The number of esters is 2. The van der Waals surface area contributed by atoms with Crippen LogP contribution in [0.2, 0.25) is 0 Å². The number of cyclic esters (lactones) is 2. The van der Waals surface area contributed by atoms with Gasteiger partial charge in [-0.05, 0) is 45.4 Å². The first kappa shape index (κ1) is 15.9. The van der Waals surface area contributed by atoms with Gasteiger partial charge in [-0.25, -0.2) is 14.6 Å². The van der Waals surface area contributed by atoms with Gasteiger partial charge in [0.05, 0.1) is 11.1 Å². The van der Waals surface area contributed by atoms with Gasteiger partial charge in [-0.15, -0.1) is 0 Å². The van der Waals surface area contributed by atoms with Gasteiger partial charge in [0.15, 0.2) is 0 Å². The maximum absolute atomic E-state index is 12.1. The molecule has 0 radical (unpaired) electrons. The van der Waals surface area contributed by atoms with Crippen LogP contribution in [0.4, 0.5) is 0 Å². The van der Waals surface area contributed by atoms with Crippen molar-refractivity contribution in [2.75, 3.05) is 0 Å². The third-order valence-electron chi connectivity index (χ3n) is 3.80. The lowest BCUT2D eigenvalue weighted by molar-refractivity contribution is -0.149. The first-order chi connectivity index (χ1) is 11.4. The number of aromatic nitrogens is 2. The zero-order chi connectivity index (χ0) is 17.4. The largest absolute Gasteiger partial charge is 0.441 e. The van der Waals surface area contributed by atoms with Crippen LogP contribution in [0.25, 0.3) is 17.0 Å². The molecule has 0 amide bonds. The molecule has 0 aromatic carbocycles. The molecule has 6 heteroatoms. The molecule has 1 aliphatic heterocycles. The lowest BCUT2D eigenvalue weighted by Gasteiger charge is -2.03. The minimum absolute atomic E-state index is 0.248. The first-order valence-corrected chi connectivity index (χ1v) is 7.43.